The molecule has 0 saturated carbocycles. The van der Waals surface area contributed by atoms with E-state index in [0.29, 0.717) is 5.02 Å². The van der Waals surface area contributed by atoms with Gasteiger partial charge in [-0.1, -0.05) is 29.8 Å². The van der Waals surface area contributed by atoms with E-state index in [1.165, 1.54) is 0 Å². The molecule has 1 unspecified atom stereocenters. The van der Waals surface area contributed by atoms with Gasteiger partial charge in [0.1, 0.15) is 17.5 Å². The monoisotopic (exact) mass is 288 g/mol. The fraction of sp³-hybridized carbons (Fsp3) is 0.294. The number of halogens is 1. The molecule has 20 heavy (non-hydrogen) atoms. The zero-order chi connectivity index (χ0) is 14.3. The summed E-state index contributed by atoms with van der Waals surface area (Å²) in [5, 5.41) is 11.1. The summed E-state index contributed by atoms with van der Waals surface area (Å²) >= 11 is 5.87. The molecule has 0 radical (unpaired) electrons. The average Bonchev–Trinajstić information content (AvgIpc) is 2.71. The van der Waals surface area contributed by atoms with Crippen molar-refractivity contribution < 1.29 is 9.84 Å². The Kier molecular flexibility index (Phi) is 3.23. The largest absolute Gasteiger partial charge is 0.487 e. The molecule has 0 saturated heterocycles. The number of hydrogen-bond donors (Lipinski definition) is 1. The summed E-state index contributed by atoms with van der Waals surface area (Å²) in [6.07, 6.45) is 0.227. The van der Waals surface area contributed by atoms with E-state index < -0.39 is 6.10 Å². The van der Waals surface area contributed by atoms with Crippen LogP contribution in [0.15, 0.2) is 42.5 Å². The Labute approximate surface area is 124 Å². The number of fused-ring (bicyclic) bond motifs is 1. The Balaban J connectivity index is 1.90. The van der Waals surface area contributed by atoms with Gasteiger partial charge in [0, 0.05) is 11.4 Å². The molecule has 1 aliphatic rings. The lowest BCUT2D eigenvalue weighted by Gasteiger charge is -2.16. The van der Waals surface area contributed by atoms with Gasteiger partial charge in [-0.2, -0.15) is 0 Å². The molecule has 1 heterocycles. The first-order valence-electron chi connectivity index (χ1n) is 6.70. The van der Waals surface area contributed by atoms with Crippen molar-refractivity contribution >= 4 is 11.6 Å². The van der Waals surface area contributed by atoms with Crippen LogP contribution in [-0.4, -0.2) is 10.7 Å². The number of hydrogen-bond acceptors (Lipinski definition) is 2. The van der Waals surface area contributed by atoms with Crippen LogP contribution in [0.1, 0.15) is 36.6 Å². The van der Waals surface area contributed by atoms with Gasteiger partial charge < -0.3 is 9.84 Å². The summed E-state index contributed by atoms with van der Waals surface area (Å²) in [7, 11) is 0. The minimum Gasteiger partial charge on any atom is -0.487 e. The van der Waals surface area contributed by atoms with Crippen molar-refractivity contribution in [2.75, 3.05) is 0 Å². The Bertz CT molecular complexity index is 632. The fourth-order valence-corrected chi connectivity index (χ4v) is 2.76. The van der Waals surface area contributed by atoms with Gasteiger partial charge >= 0.3 is 0 Å². The summed E-state index contributed by atoms with van der Waals surface area (Å²) in [6, 6.07) is 13.2. The first kappa shape index (κ1) is 13.5. The molecular formula is C17H17ClO2. The van der Waals surface area contributed by atoms with E-state index in [1.807, 2.05) is 30.3 Å². The molecule has 104 valence electrons. The van der Waals surface area contributed by atoms with Gasteiger partial charge in [-0.15, -0.1) is 0 Å². The summed E-state index contributed by atoms with van der Waals surface area (Å²) < 4.78 is 5.85. The third-order valence-electron chi connectivity index (χ3n) is 3.59. The van der Waals surface area contributed by atoms with Gasteiger partial charge in [0.15, 0.2) is 0 Å². The summed E-state index contributed by atoms with van der Waals surface area (Å²) in [4.78, 5) is 0. The van der Waals surface area contributed by atoms with Crippen LogP contribution in [0.2, 0.25) is 5.02 Å². The topological polar surface area (TPSA) is 29.5 Å². The van der Waals surface area contributed by atoms with Gasteiger partial charge in [-0.25, -0.2) is 0 Å². The molecule has 0 bridgehead atoms. The van der Waals surface area contributed by atoms with E-state index in [4.69, 9.17) is 16.3 Å². The van der Waals surface area contributed by atoms with Crippen molar-refractivity contribution in [1.82, 2.24) is 0 Å². The lowest BCUT2D eigenvalue weighted by Crippen LogP contribution is -2.24. The third kappa shape index (κ3) is 2.54. The highest BCUT2D eigenvalue weighted by molar-refractivity contribution is 6.30. The van der Waals surface area contributed by atoms with Crippen LogP contribution in [0, 0.1) is 0 Å². The van der Waals surface area contributed by atoms with E-state index in [1.54, 1.807) is 12.1 Å². The fourth-order valence-electron chi connectivity index (χ4n) is 2.64. The number of aliphatic hydroxyl groups is 1. The second-order valence-corrected chi connectivity index (χ2v) is 6.30. The summed E-state index contributed by atoms with van der Waals surface area (Å²) in [5.41, 5.74) is 2.71. The maximum atomic E-state index is 10.5. The minimum atomic E-state index is -0.638. The maximum Gasteiger partial charge on any atom is 0.123 e. The molecule has 3 rings (SSSR count). The molecular weight excluding hydrogens is 272 g/mol. The zero-order valence-corrected chi connectivity index (χ0v) is 12.3. The smallest absolute Gasteiger partial charge is 0.123 e. The van der Waals surface area contributed by atoms with E-state index in [-0.39, 0.29) is 5.60 Å². The average molecular weight is 289 g/mol. The van der Waals surface area contributed by atoms with Gasteiger partial charge in [-0.05, 0) is 54.8 Å². The second kappa shape index (κ2) is 4.80. The van der Waals surface area contributed by atoms with Crippen LogP contribution >= 0.6 is 11.6 Å². The van der Waals surface area contributed by atoms with Gasteiger partial charge in [0.25, 0.3) is 0 Å². The van der Waals surface area contributed by atoms with Gasteiger partial charge in [0.2, 0.25) is 0 Å². The lowest BCUT2D eigenvalue weighted by atomic mass is 9.96. The Hall–Kier alpha value is -1.51. The van der Waals surface area contributed by atoms with Crippen molar-refractivity contribution in [3.05, 3.63) is 64.2 Å². The predicted molar refractivity (Wildman–Crippen MR) is 80.4 cm³/mol. The molecule has 0 fully saturated rings. The van der Waals surface area contributed by atoms with E-state index in [2.05, 4.69) is 13.8 Å². The molecule has 0 amide bonds. The number of aliphatic hydroxyl groups excluding tert-OH is 1. The Morgan fingerprint density at radius 3 is 2.45 bits per heavy atom. The molecule has 2 aromatic rings. The van der Waals surface area contributed by atoms with Gasteiger partial charge in [0.05, 0.1) is 0 Å². The first-order valence-corrected chi connectivity index (χ1v) is 7.08. The molecule has 0 aromatic heterocycles. The lowest BCUT2D eigenvalue weighted by molar-refractivity contribution is 0.138. The highest BCUT2D eigenvalue weighted by Gasteiger charge is 2.30. The second-order valence-electron chi connectivity index (χ2n) is 5.86. The molecule has 1 aliphatic heterocycles. The molecule has 2 aromatic carbocycles. The van der Waals surface area contributed by atoms with Gasteiger partial charge in [-0.3, -0.25) is 0 Å². The highest BCUT2D eigenvalue weighted by atomic mass is 35.5. The maximum absolute atomic E-state index is 10.5. The van der Waals surface area contributed by atoms with Crippen molar-refractivity contribution in [2.24, 2.45) is 0 Å². The van der Waals surface area contributed by atoms with E-state index >= 15 is 0 Å². The van der Waals surface area contributed by atoms with Crippen LogP contribution in [0.25, 0.3) is 0 Å². The summed E-state index contributed by atoms with van der Waals surface area (Å²) in [6.45, 7) is 4.14. The number of rotatable bonds is 2. The molecule has 1 N–H and O–H groups in total. The van der Waals surface area contributed by atoms with Crippen LogP contribution < -0.4 is 4.74 Å². The van der Waals surface area contributed by atoms with Crippen LogP contribution in [0.5, 0.6) is 5.75 Å². The van der Waals surface area contributed by atoms with Crippen LogP contribution in [-0.2, 0) is 6.42 Å². The molecule has 2 nitrogen and oxygen atoms in total. The van der Waals surface area contributed by atoms with Crippen molar-refractivity contribution in [2.45, 2.75) is 32.0 Å². The SMILES string of the molecule is CC1(C)Cc2cc(C(O)c3ccc(Cl)cc3)ccc2O1. The van der Waals surface area contributed by atoms with Crippen molar-refractivity contribution in [3.63, 3.8) is 0 Å². The Morgan fingerprint density at radius 2 is 1.75 bits per heavy atom. The highest BCUT2D eigenvalue weighted by Crippen LogP contribution is 2.37. The van der Waals surface area contributed by atoms with E-state index in [9.17, 15) is 5.11 Å². The molecule has 3 heteroatoms. The molecule has 0 aliphatic carbocycles. The first-order chi connectivity index (χ1) is 9.44. The molecule has 1 atom stereocenters. The Morgan fingerprint density at radius 1 is 1.10 bits per heavy atom. The number of ether oxygens (including phenoxy) is 1. The van der Waals surface area contributed by atoms with Crippen LogP contribution in [0.4, 0.5) is 0 Å². The van der Waals surface area contributed by atoms with Crippen molar-refractivity contribution in [3.8, 4) is 5.75 Å². The zero-order valence-electron chi connectivity index (χ0n) is 11.6. The third-order valence-corrected chi connectivity index (χ3v) is 3.84. The normalized spacial score (nSPS) is 17.4. The standard InChI is InChI=1S/C17H17ClO2/c1-17(2)10-13-9-12(5-8-15(13)20-17)16(19)11-3-6-14(18)7-4-11/h3-9,16,19H,10H2,1-2H3. The molecule has 0 spiro atoms. The minimum absolute atomic E-state index is 0.161. The summed E-state index contributed by atoms with van der Waals surface area (Å²) in [5.74, 6) is 0.919. The van der Waals surface area contributed by atoms with E-state index in [0.717, 1.165) is 28.9 Å². The van der Waals surface area contributed by atoms with Crippen molar-refractivity contribution in [1.29, 1.82) is 0 Å². The van der Waals surface area contributed by atoms with Crippen LogP contribution in [0.3, 0.4) is 0 Å². The predicted octanol–water partition coefficient (Wildman–Crippen LogP) is 4.14. The number of benzene rings is 2. The quantitative estimate of drug-likeness (QED) is 0.900.